The standard InChI is InChI=1S/C26H39N5O4S/c1-4-19-13-16-31(17-14-19)25(32)22(10-7-15-29-26(27)28)30-36(33,34)24-12-6-8-20-21(24)9-5-11-23(20)35-18(2)3/h5-6,8-9,11-12,18-19,22,30H,4,7,10,13-17H2,1-3H3,(H4,27,28,29). The third-order valence-corrected chi connectivity index (χ3v) is 8.07. The normalized spacial score (nSPS) is 15.7. The number of nitrogens with zero attached hydrogens (tertiary/aromatic N) is 2. The third-order valence-electron chi connectivity index (χ3n) is 6.54. The summed E-state index contributed by atoms with van der Waals surface area (Å²) in [5.74, 6) is 0.976. The Hall–Kier alpha value is -2.85. The predicted molar refractivity (Wildman–Crippen MR) is 143 cm³/mol. The number of amides is 1. The molecule has 36 heavy (non-hydrogen) atoms. The van der Waals surface area contributed by atoms with E-state index in [2.05, 4.69) is 16.6 Å². The second-order valence-electron chi connectivity index (χ2n) is 9.57. The van der Waals surface area contributed by atoms with Crippen LogP contribution in [0.5, 0.6) is 5.75 Å². The lowest BCUT2D eigenvalue weighted by Gasteiger charge is -2.34. The Bertz CT molecular complexity index is 1170. The smallest absolute Gasteiger partial charge is 0.241 e. The molecule has 1 unspecified atom stereocenters. The number of nitrogens with one attached hydrogen (secondary N) is 1. The van der Waals surface area contributed by atoms with Gasteiger partial charge in [0.15, 0.2) is 5.96 Å². The highest BCUT2D eigenvalue weighted by molar-refractivity contribution is 7.89. The summed E-state index contributed by atoms with van der Waals surface area (Å²) >= 11 is 0. The molecule has 9 nitrogen and oxygen atoms in total. The number of ether oxygens (including phenoxy) is 1. The molecule has 1 heterocycles. The van der Waals surface area contributed by atoms with Gasteiger partial charge in [-0.2, -0.15) is 4.72 Å². The highest BCUT2D eigenvalue weighted by Gasteiger charge is 2.31. The van der Waals surface area contributed by atoms with Crippen LogP contribution >= 0.6 is 0 Å². The number of hydrogen-bond acceptors (Lipinski definition) is 5. The Kier molecular flexibility index (Phi) is 9.56. The van der Waals surface area contributed by atoms with Gasteiger partial charge in [-0.1, -0.05) is 37.6 Å². The fraction of sp³-hybridized carbons (Fsp3) is 0.538. The van der Waals surface area contributed by atoms with Crippen LogP contribution in [0.15, 0.2) is 46.3 Å². The number of guanidine groups is 1. The monoisotopic (exact) mass is 517 g/mol. The van der Waals surface area contributed by atoms with Crippen molar-refractivity contribution < 1.29 is 17.9 Å². The Morgan fingerprint density at radius 1 is 1.14 bits per heavy atom. The average Bonchev–Trinajstić information content (AvgIpc) is 2.85. The molecule has 0 aromatic heterocycles. The van der Waals surface area contributed by atoms with E-state index in [4.69, 9.17) is 16.2 Å². The number of aliphatic imine (C=N–C) groups is 1. The second-order valence-corrected chi connectivity index (χ2v) is 11.3. The quantitative estimate of drug-likeness (QED) is 0.238. The van der Waals surface area contributed by atoms with Crippen LogP contribution in [0.25, 0.3) is 10.8 Å². The number of rotatable bonds is 11. The molecular weight excluding hydrogens is 478 g/mol. The van der Waals surface area contributed by atoms with Crippen molar-refractivity contribution in [1.29, 1.82) is 0 Å². The lowest BCUT2D eigenvalue weighted by Crippen LogP contribution is -2.50. The summed E-state index contributed by atoms with van der Waals surface area (Å²) in [5.41, 5.74) is 10.8. The van der Waals surface area contributed by atoms with Crippen molar-refractivity contribution in [2.75, 3.05) is 19.6 Å². The number of carbonyl (C=O) groups excluding carboxylic acids is 1. The Morgan fingerprint density at radius 3 is 2.44 bits per heavy atom. The summed E-state index contributed by atoms with van der Waals surface area (Å²) in [4.78, 5) is 19.3. The molecule has 5 N–H and O–H groups in total. The maximum Gasteiger partial charge on any atom is 0.241 e. The largest absolute Gasteiger partial charge is 0.490 e. The summed E-state index contributed by atoms with van der Waals surface area (Å²) in [6.45, 7) is 7.58. The minimum Gasteiger partial charge on any atom is -0.490 e. The lowest BCUT2D eigenvalue weighted by atomic mass is 9.94. The number of fused-ring (bicyclic) bond motifs is 1. The molecule has 10 heteroatoms. The summed E-state index contributed by atoms with van der Waals surface area (Å²) in [6.07, 6.45) is 3.63. The zero-order valence-electron chi connectivity index (χ0n) is 21.4. The molecule has 198 valence electrons. The number of benzene rings is 2. The van der Waals surface area contributed by atoms with Crippen molar-refractivity contribution in [2.45, 2.75) is 69.9 Å². The van der Waals surface area contributed by atoms with E-state index < -0.39 is 16.1 Å². The van der Waals surface area contributed by atoms with E-state index in [1.165, 1.54) is 0 Å². The maximum atomic E-state index is 13.6. The van der Waals surface area contributed by atoms with E-state index in [1.54, 1.807) is 29.2 Å². The number of piperidine rings is 1. The van der Waals surface area contributed by atoms with Crippen LogP contribution < -0.4 is 20.9 Å². The van der Waals surface area contributed by atoms with Crippen molar-refractivity contribution in [3.05, 3.63) is 36.4 Å². The van der Waals surface area contributed by atoms with Crippen LogP contribution in [0.2, 0.25) is 0 Å². The molecule has 1 aliphatic rings. The first-order valence-corrected chi connectivity index (χ1v) is 14.2. The zero-order valence-corrected chi connectivity index (χ0v) is 22.3. The molecule has 0 spiro atoms. The van der Waals surface area contributed by atoms with Crippen LogP contribution in [-0.2, 0) is 14.8 Å². The molecule has 0 saturated carbocycles. The van der Waals surface area contributed by atoms with Gasteiger partial charge >= 0.3 is 0 Å². The molecule has 0 bridgehead atoms. The molecule has 2 aromatic rings. The van der Waals surface area contributed by atoms with Crippen molar-refractivity contribution in [1.82, 2.24) is 9.62 Å². The number of hydrogen-bond donors (Lipinski definition) is 3. The number of carbonyl (C=O) groups is 1. The average molecular weight is 518 g/mol. The van der Waals surface area contributed by atoms with Crippen molar-refractivity contribution in [3.63, 3.8) is 0 Å². The van der Waals surface area contributed by atoms with Gasteiger partial charge in [0.2, 0.25) is 15.9 Å². The summed E-state index contributed by atoms with van der Waals surface area (Å²) < 4.78 is 35.8. The Labute approximate surface area is 214 Å². The first kappa shape index (κ1) is 27.7. The zero-order chi connectivity index (χ0) is 26.3. The molecular formula is C26H39N5O4S. The van der Waals surface area contributed by atoms with Crippen molar-refractivity contribution >= 4 is 32.7 Å². The minimum absolute atomic E-state index is 0.0322. The fourth-order valence-electron chi connectivity index (χ4n) is 4.61. The molecule has 1 saturated heterocycles. The molecule has 0 aliphatic carbocycles. The van der Waals surface area contributed by atoms with Gasteiger partial charge in [0.25, 0.3) is 0 Å². The number of sulfonamides is 1. The first-order valence-electron chi connectivity index (χ1n) is 12.7. The van der Waals surface area contributed by atoms with Gasteiger partial charge in [0.1, 0.15) is 11.8 Å². The van der Waals surface area contributed by atoms with Crippen LogP contribution in [0.3, 0.4) is 0 Å². The SMILES string of the molecule is CCC1CCN(C(=O)C(CCCN=C(N)N)NS(=O)(=O)c2cccc3c(OC(C)C)cccc23)CC1. The van der Waals surface area contributed by atoms with Gasteiger partial charge in [-0.15, -0.1) is 0 Å². The Balaban J connectivity index is 1.88. The summed E-state index contributed by atoms with van der Waals surface area (Å²) in [5, 5.41) is 1.24. The third kappa shape index (κ3) is 7.10. The fourth-order valence-corrected chi connectivity index (χ4v) is 6.06. The van der Waals surface area contributed by atoms with Gasteiger partial charge in [0.05, 0.1) is 11.0 Å². The molecule has 2 aromatic carbocycles. The van der Waals surface area contributed by atoms with Crippen LogP contribution in [0.1, 0.15) is 52.9 Å². The number of nitrogens with two attached hydrogens (primary N) is 2. The second kappa shape index (κ2) is 12.4. The summed E-state index contributed by atoms with van der Waals surface area (Å²) in [7, 11) is -4.02. The van der Waals surface area contributed by atoms with Gasteiger partial charge in [-0.25, -0.2) is 8.42 Å². The van der Waals surface area contributed by atoms with E-state index >= 15 is 0 Å². The molecule has 1 amide bonds. The maximum absolute atomic E-state index is 13.6. The molecule has 3 rings (SSSR count). The molecule has 1 fully saturated rings. The van der Waals surface area contributed by atoms with Crippen molar-refractivity contribution in [2.24, 2.45) is 22.4 Å². The van der Waals surface area contributed by atoms with Gasteiger partial charge in [-0.05, 0) is 57.6 Å². The Morgan fingerprint density at radius 2 is 1.81 bits per heavy atom. The van der Waals surface area contributed by atoms with Crippen LogP contribution in [0.4, 0.5) is 0 Å². The van der Waals surface area contributed by atoms with E-state index in [1.807, 2.05) is 26.0 Å². The van der Waals surface area contributed by atoms with Gasteiger partial charge < -0.3 is 21.1 Å². The van der Waals surface area contributed by atoms with Crippen LogP contribution in [-0.4, -0.2) is 57.0 Å². The van der Waals surface area contributed by atoms with E-state index in [9.17, 15) is 13.2 Å². The van der Waals surface area contributed by atoms with Gasteiger partial charge in [-0.3, -0.25) is 9.79 Å². The lowest BCUT2D eigenvalue weighted by molar-refractivity contribution is -0.134. The highest BCUT2D eigenvalue weighted by Crippen LogP contribution is 2.31. The van der Waals surface area contributed by atoms with Crippen LogP contribution in [0, 0.1) is 5.92 Å². The minimum atomic E-state index is -4.02. The summed E-state index contributed by atoms with van der Waals surface area (Å²) in [6, 6.07) is 9.51. The molecule has 1 aliphatic heterocycles. The topological polar surface area (TPSA) is 140 Å². The molecule has 1 atom stereocenters. The highest BCUT2D eigenvalue weighted by atomic mass is 32.2. The van der Waals surface area contributed by atoms with Gasteiger partial charge in [0, 0.05) is 30.4 Å². The van der Waals surface area contributed by atoms with E-state index in [0.717, 1.165) is 19.3 Å². The molecule has 0 radical (unpaired) electrons. The van der Waals surface area contributed by atoms with Crippen molar-refractivity contribution in [3.8, 4) is 5.75 Å². The predicted octanol–water partition coefficient (Wildman–Crippen LogP) is 2.98. The van der Waals surface area contributed by atoms with E-state index in [-0.39, 0.29) is 29.3 Å². The first-order chi connectivity index (χ1) is 17.1. The number of likely N-dealkylation sites (tertiary alicyclic amines) is 1. The van der Waals surface area contributed by atoms with E-state index in [0.29, 0.717) is 48.5 Å².